The maximum Gasteiger partial charge on any atom is 0.266 e. The van der Waals surface area contributed by atoms with E-state index in [0.29, 0.717) is 15.6 Å². The average Bonchev–Trinajstić information content (AvgIpc) is 2.70. The van der Waals surface area contributed by atoms with Crippen molar-refractivity contribution in [3.63, 3.8) is 0 Å². The molecular formula is C12H10ClNO2S. The van der Waals surface area contributed by atoms with E-state index in [2.05, 4.69) is 5.32 Å². The average molecular weight is 268 g/mol. The quantitative estimate of drug-likeness (QED) is 0.816. The summed E-state index contributed by atoms with van der Waals surface area (Å²) in [6, 6.07) is 6.39. The molecule has 0 radical (unpaired) electrons. The summed E-state index contributed by atoms with van der Waals surface area (Å²) < 4.78 is 0. The Balaban J connectivity index is 2.24. The fourth-order valence-electron chi connectivity index (χ4n) is 1.39. The highest BCUT2D eigenvalue weighted by molar-refractivity contribution is 7.12. The number of nitrogens with one attached hydrogen (secondary N) is 1. The highest BCUT2D eigenvalue weighted by Crippen LogP contribution is 2.27. The number of carbonyl (C=O) groups is 1. The molecule has 0 saturated heterocycles. The molecule has 2 rings (SSSR count). The number of halogens is 1. The van der Waals surface area contributed by atoms with Crippen LogP contribution in [0.4, 0.5) is 5.69 Å². The van der Waals surface area contributed by atoms with Crippen LogP contribution in [0.2, 0.25) is 5.02 Å². The standard InChI is InChI=1S/C12H10ClNO2S/c1-7-4-5-17-11(7)12(16)14-9-6-8(13)2-3-10(9)15/h2-6,15H,1H3,(H,14,16). The van der Waals surface area contributed by atoms with E-state index in [0.717, 1.165) is 5.56 Å². The minimum Gasteiger partial charge on any atom is -0.506 e. The Hall–Kier alpha value is -1.52. The van der Waals surface area contributed by atoms with Crippen molar-refractivity contribution in [2.75, 3.05) is 5.32 Å². The number of rotatable bonds is 2. The van der Waals surface area contributed by atoms with Crippen LogP contribution in [0.1, 0.15) is 15.2 Å². The van der Waals surface area contributed by atoms with E-state index >= 15 is 0 Å². The molecule has 0 aliphatic rings. The molecule has 2 aromatic rings. The molecule has 3 nitrogen and oxygen atoms in total. The molecule has 0 saturated carbocycles. The number of hydrogen-bond acceptors (Lipinski definition) is 3. The van der Waals surface area contributed by atoms with Gasteiger partial charge in [0.25, 0.3) is 5.91 Å². The molecule has 1 aromatic carbocycles. The minimum atomic E-state index is -0.241. The summed E-state index contributed by atoms with van der Waals surface area (Å²) in [5.41, 5.74) is 1.23. The Morgan fingerprint density at radius 2 is 2.18 bits per heavy atom. The maximum atomic E-state index is 11.9. The molecule has 0 aliphatic heterocycles. The van der Waals surface area contributed by atoms with E-state index in [1.807, 2.05) is 18.4 Å². The summed E-state index contributed by atoms with van der Waals surface area (Å²) in [4.78, 5) is 12.5. The Morgan fingerprint density at radius 3 is 2.82 bits per heavy atom. The van der Waals surface area contributed by atoms with Crippen molar-refractivity contribution in [1.29, 1.82) is 0 Å². The van der Waals surface area contributed by atoms with Gasteiger partial charge in [-0.05, 0) is 42.1 Å². The van der Waals surface area contributed by atoms with Crippen LogP contribution in [0, 0.1) is 6.92 Å². The lowest BCUT2D eigenvalue weighted by Gasteiger charge is -2.07. The summed E-state index contributed by atoms with van der Waals surface area (Å²) in [6.07, 6.45) is 0. The van der Waals surface area contributed by atoms with Gasteiger partial charge in [-0.3, -0.25) is 4.79 Å². The SMILES string of the molecule is Cc1ccsc1C(=O)Nc1cc(Cl)ccc1O. The molecule has 1 aromatic heterocycles. The minimum absolute atomic E-state index is 0.00282. The second-order valence-corrected chi connectivity index (χ2v) is 4.90. The Kier molecular flexibility index (Phi) is 3.36. The Morgan fingerprint density at radius 1 is 1.41 bits per heavy atom. The van der Waals surface area contributed by atoms with Gasteiger partial charge in [0.05, 0.1) is 10.6 Å². The second-order valence-electron chi connectivity index (χ2n) is 3.55. The van der Waals surface area contributed by atoms with Gasteiger partial charge in [0.2, 0.25) is 0 Å². The summed E-state index contributed by atoms with van der Waals surface area (Å²) in [7, 11) is 0. The molecule has 0 spiro atoms. The van der Waals surface area contributed by atoms with Gasteiger partial charge in [0.1, 0.15) is 5.75 Å². The molecule has 2 N–H and O–H groups in total. The zero-order valence-electron chi connectivity index (χ0n) is 9.03. The molecule has 0 bridgehead atoms. The molecule has 0 fully saturated rings. The molecule has 88 valence electrons. The summed E-state index contributed by atoms with van der Waals surface area (Å²) in [6.45, 7) is 1.86. The fourth-order valence-corrected chi connectivity index (χ4v) is 2.39. The number of carbonyl (C=O) groups excluding carboxylic acids is 1. The lowest BCUT2D eigenvalue weighted by molar-refractivity contribution is 0.102. The van der Waals surface area contributed by atoms with E-state index in [1.165, 1.54) is 23.5 Å². The molecule has 0 atom stereocenters. The smallest absolute Gasteiger partial charge is 0.266 e. The number of phenols is 1. The van der Waals surface area contributed by atoms with Crippen LogP contribution in [-0.2, 0) is 0 Å². The van der Waals surface area contributed by atoms with Crippen LogP contribution in [0.25, 0.3) is 0 Å². The highest BCUT2D eigenvalue weighted by Gasteiger charge is 2.12. The van der Waals surface area contributed by atoms with Gasteiger partial charge in [-0.25, -0.2) is 0 Å². The third-order valence-corrected chi connectivity index (χ3v) is 3.53. The van der Waals surface area contributed by atoms with Gasteiger partial charge in [0, 0.05) is 5.02 Å². The van der Waals surface area contributed by atoms with Gasteiger partial charge in [-0.2, -0.15) is 0 Å². The van der Waals surface area contributed by atoms with Crippen molar-refractivity contribution >= 4 is 34.5 Å². The van der Waals surface area contributed by atoms with E-state index < -0.39 is 0 Å². The molecule has 17 heavy (non-hydrogen) atoms. The van der Waals surface area contributed by atoms with Crippen LogP contribution >= 0.6 is 22.9 Å². The van der Waals surface area contributed by atoms with Gasteiger partial charge >= 0.3 is 0 Å². The summed E-state index contributed by atoms with van der Waals surface area (Å²) in [5, 5.41) is 14.5. The van der Waals surface area contributed by atoms with Crippen molar-refractivity contribution in [1.82, 2.24) is 0 Å². The fraction of sp³-hybridized carbons (Fsp3) is 0.0833. The number of thiophene rings is 1. The number of anilines is 1. The number of benzene rings is 1. The molecule has 0 aliphatic carbocycles. The summed E-state index contributed by atoms with van der Waals surface area (Å²) in [5.74, 6) is -0.243. The van der Waals surface area contributed by atoms with E-state index in [1.54, 1.807) is 6.07 Å². The molecule has 5 heteroatoms. The third kappa shape index (κ3) is 2.60. The highest BCUT2D eigenvalue weighted by atomic mass is 35.5. The zero-order valence-corrected chi connectivity index (χ0v) is 10.6. The first kappa shape index (κ1) is 12.0. The first-order valence-electron chi connectivity index (χ1n) is 4.92. The largest absolute Gasteiger partial charge is 0.506 e. The van der Waals surface area contributed by atoms with Crippen molar-refractivity contribution in [2.24, 2.45) is 0 Å². The molecule has 0 unspecified atom stereocenters. The van der Waals surface area contributed by atoms with Crippen molar-refractivity contribution in [3.8, 4) is 5.75 Å². The van der Waals surface area contributed by atoms with Crippen LogP contribution in [-0.4, -0.2) is 11.0 Å². The lowest BCUT2D eigenvalue weighted by atomic mass is 10.2. The first-order chi connectivity index (χ1) is 8.08. The van der Waals surface area contributed by atoms with Crippen LogP contribution in [0.3, 0.4) is 0 Å². The van der Waals surface area contributed by atoms with Crippen molar-refractivity contribution in [3.05, 3.63) is 45.1 Å². The van der Waals surface area contributed by atoms with Crippen LogP contribution in [0.15, 0.2) is 29.6 Å². The topological polar surface area (TPSA) is 49.3 Å². The van der Waals surface area contributed by atoms with E-state index in [-0.39, 0.29) is 11.7 Å². The van der Waals surface area contributed by atoms with E-state index in [9.17, 15) is 9.90 Å². The maximum absolute atomic E-state index is 11.9. The first-order valence-corrected chi connectivity index (χ1v) is 6.17. The lowest BCUT2D eigenvalue weighted by Crippen LogP contribution is -2.11. The number of aromatic hydroxyl groups is 1. The molecular weight excluding hydrogens is 258 g/mol. The Bertz CT molecular complexity index is 565. The monoisotopic (exact) mass is 267 g/mol. The van der Waals surface area contributed by atoms with Crippen LogP contribution in [0.5, 0.6) is 5.75 Å². The van der Waals surface area contributed by atoms with Gasteiger partial charge < -0.3 is 10.4 Å². The normalized spacial score (nSPS) is 10.2. The second kappa shape index (κ2) is 4.77. The predicted octanol–water partition coefficient (Wildman–Crippen LogP) is 3.67. The van der Waals surface area contributed by atoms with Crippen molar-refractivity contribution in [2.45, 2.75) is 6.92 Å². The number of phenolic OH excluding ortho intramolecular Hbond substituents is 1. The van der Waals surface area contributed by atoms with Gasteiger partial charge in [-0.1, -0.05) is 11.6 Å². The number of aryl methyl sites for hydroxylation is 1. The molecule has 1 heterocycles. The van der Waals surface area contributed by atoms with Crippen molar-refractivity contribution < 1.29 is 9.90 Å². The van der Waals surface area contributed by atoms with E-state index in [4.69, 9.17) is 11.6 Å². The predicted molar refractivity (Wildman–Crippen MR) is 70.1 cm³/mol. The number of amides is 1. The van der Waals surface area contributed by atoms with Crippen LogP contribution < -0.4 is 5.32 Å². The zero-order chi connectivity index (χ0) is 12.4. The number of hydrogen-bond donors (Lipinski definition) is 2. The third-order valence-electron chi connectivity index (χ3n) is 2.28. The van der Waals surface area contributed by atoms with Gasteiger partial charge in [-0.15, -0.1) is 11.3 Å². The Labute approximate surface area is 108 Å². The van der Waals surface area contributed by atoms with Gasteiger partial charge in [0.15, 0.2) is 0 Å². The summed E-state index contributed by atoms with van der Waals surface area (Å²) >= 11 is 7.16. The molecule has 1 amide bonds.